The first-order valence-electron chi connectivity index (χ1n) is 16.9. The van der Waals surface area contributed by atoms with E-state index < -0.39 is 7.26 Å². The Morgan fingerprint density at radius 1 is 0.520 bits per heavy atom. The first kappa shape index (κ1) is 28.5. The zero-order valence-electron chi connectivity index (χ0n) is 27.0. The Bertz CT molecular complexity index is 2690. The number of hydrogen-bond donors (Lipinski definition) is 0. The van der Waals surface area contributed by atoms with E-state index >= 15 is 4.32 Å². The van der Waals surface area contributed by atoms with E-state index in [0.717, 1.165) is 89.3 Å². The van der Waals surface area contributed by atoms with Gasteiger partial charge in [-0.2, -0.15) is 0 Å². The van der Waals surface area contributed by atoms with Crippen molar-refractivity contribution in [3.63, 3.8) is 0 Å². The molecule has 5 heteroatoms. The molecule has 8 aromatic rings. The van der Waals surface area contributed by atoms with Crippen LogP contribution < -0.4 is 0 Å². The molecule has 2 aliphatic rings. The molecule has 0 radical (unpaired) electrons. The third-order valence-electron chi connectivity index (χ3n) is 9.95. The van der Waals surface area contributed by atoms with E-state index in [1.54, 1.807) is 0 Å². The fraction of sp³-hybridized carbons (Fsp3) is 0. The summed E-state index contributed by atoms with van der Waals surface area (Å²) < 4.78 is 28.2. The van der Waals surface area contributed by atoms with Gasteiger partial charge in [-0.15, -0.1) is 0 Å². The number of para-hydroxylation sites is 1. The first-order valence-corrected chi connectivity index (χ1v) is 16.9. The summed E-state index contributed by atoms with van der Waals surface area (Å²) in [4.78, 5) is 0. The summed E-state index contributed by atoms with van der Waals surface area (Å²) in [5, 5.41) is 2.08. The van der Waals surface area contributed by atoms with Crippen molar-refractivity contribution in [2.75, 3.05) is 0 Å². The van der Waals surface area contributed by atoms with E-state index in [4.69, 9.17) is 4.42 Å². The van der Waals surface area contributed by atoms with Crippen LogP contribution in [0.4, 0.5) is 4.32 Å². The summed E-state index contributed by atoms with van der Waals surface area (Å²) in [6.45, 7) is 0. The second-order valence-corrected chi connectivity index (χ2v) is 12.8. The SMILES string of the molecule is FB1n2c(-c3ccccc3)cc(-c3ccccc3)c2C(c2ccc3oc4ccccc4c3c2)=C2C(c3ccccc3)=CC(c3ccccc3)=[N+]12. The molecule has 0 bridgehead atoms. The molecule has 4 heterocycles. The molecule has 0 N–H and O–H groups in total. The first-order chi connectivity index (χ1) is 24.7. The Morgan fingerprint density at radius 3 is 1.80 bits per heavy atom. The van der Waals surface area contributed by atoms with Crippen molar-refractivity contribution >= 4 is 46.1 Å². The molecule has 2 aliphatic heterocycles. The van der Waals surface area contributed by atoms with Gasteiger partial charge in [0, 0.05) is 33.7 Å². The van der Waals surface area contributed by atoms with Crippen LogP contribution in [0.1, 0.15) is 22.4 Å². The second-order valence-electron chi connectivity index (χ2n) is 12.8. The van der Waals surface area contributed by atoms with E-state index in [1.165, 1.54) is 0 Å². The fourth-order valence-corrected chi connectivity index (χ4v) is 7.72. The normalized spacial score (nSPS) is 14.0. The van der Waals surface area contributed by atoms with Gasteiger partial charge in [0.25, 0.3) is 0 Å². The average Bonchev–Trinajstić information content (AvgIpc) is 3.89. The highest BCUT2D eigenvalue weighted by Crippen LogP contribution is 2.49. The average molecular weight is 644 g/mol. The van der Waals surface area contributed by atoms with Crippen LogP contribution in [0.3, 0.4) is 0 Å². The van der Waals surface area contributed by atoms with Crippen LogP contribution >= 0.6 is 0 Å². The number of halogens is 1. The number of hydrogen-bond acceptors (Lipinski definition) is 1. The second kappa shape index (κ2) is 11.3. The summed E-state index contributed by atoms with van der Waals surface area (Å²) in [5.41, 5.74) is 12.9. The van der Waals surface area contributed by atoms with Gasteiger partial charge in [0.15, 0.2) is 5.71 Å². The maximum Gasteiger partial charge on any atom is 0.847 e. The highest BCUT2D eigenvalue weighted by Gasteiger charge is 2.54. The van der Waals surface area contributed by atoms with Gasteiger partial charge in [-0.25, -0.2) is 8.80 Å². The molecule has 0 spiro atoms. The Kier molecular flexibility index (Phi) is 6.46. The van der Waals surface area contributed by atoms with Crippen LogP contribution in [0.2, 0.25) is 0 Å². The largest absolute Gasteiger partial charge is 0.847 e. The van der Waals surface area contributed by atoms with Gasteiger partial charge < -0.3 is 4.42 Å². The number of nitrogens with zero attached hydrogens (tertiary/aromatic N) is 2. The van der Waals surface area contributed by atoms with Crippen LogP contribution in [0.15, 0.2) is 186 Å². The minimum absolute atomic E-state index is 0.818. The number of rotatable bonds is 5. The van der Waals surface area contributed by atoms with Crippen molar-refractivity contribution in [1.82, 2.24) is 4.48 Å². The number of aromatic nitrogens is 1. The van der Waals surface area contributed by atoms with Gasteiger partial charge in [0.2, 0.25) is 5.70 Å². The number of fused-ring (bicyclic) bond motifs is 5. The molecule has 6 aromatic carbocycles. The van der Waals surface area contributed by atoms with Crippen LogP contribution in [0.5, 0.6) is 0 Å². The molecule has 234 valence electrons. The van der Waals surface area contributed by atoms with Crippen molar-refractivity contribution in [3.8, 4) is 22.4 Å². The van der Waals surface area contributed by atoms with Gasteiger partial charge in [-0.05, 0) is 58.7 Å². The van der Waals surface area contributed by atoms with Crippen LogP contribution in [-0.4, -0.2) is 21.9 Å². The number of furan rings is 1. The molecule has 2 aromatic heterocycles. The minimum atomic E-state index is -1.53. The Balaban J connectivity index is 1.38. The molecule has 50 heavy (non-hydrogen) atoms. The minimum Gasteiger partial charge on any atom is -0.456 e. The van der Waals surface area contributed by atoms with Crippen molar-refractivity contribution in [1.29, 1.82) is 0 Å². The maximum atomic E-state index is 18.1. The zero-order chi connectivity index (χ0) is 33.2. The topological polar surface area (TPSA) is 21.1 Å². The van der Waals surface area contributed by atoms with Gasteiger partial charge in [-0.3, -0.25) is 4.48 Å². The van der Waals surface area contributed by atoms with E-state index in [-0.39, 0.29) is 0 Å². The zero-order valence-corrected chi connectivity index (χ0v) is 27.0. The summed E-state index contributed by atoms with van der Waals surface area (Å²) in [5.74, 6) is 0. The maximum absolute atomic E-state index is 18.1. The van der Waals surface area contributed by atoms with Gasteiger partial charge in [-0.1, -0.05) is 133 Å². The van der Waals surface area contributed by atoms with Crippen molar-refractivity contribution < 1.29 is 13.2 Å². The smallest absolute Gasteiger partial charge is 0.456 e. The van der Waals surface area contributed by atoms with Gasteiger partial charge >= 0.3 is 7.26 Å². The van der Waals surface area contributed by atoms with Gasteiger partial charge in [0.05, 0.1) is 16.8 Å². The summed E-state index contributed by atoms with van der Waals surface area (Å²) in [6.07, 6.45) is 2.16. The number of allylic oxidation sites excluding steroid dienone is 2. The predicted molar refractivity (Wildman–Crippen MR) is 203 cm³/mol. The van der Waals surface area contributed by atoms with Gasteiger partial charge in [0.1, 0.15) is 11.2 Å². The standard InChI is InChI=1S/C45H29BFN2O/c47-46-48-39(32-19-9-3-10-20-32)28-36(30-15-5-1-6-16-30)44(48)43(34-25-26-42-38(27-34)35-23-13-14-24-41(35)50-42)45-37(31-17-7-2-8-18-31)29-40(49(45)46)33-21-11-4-12-22-33/h1-29H/q+1. The Morgan fingerprint density at radius 2 is 1.10 bits per heavy atom. The van der Waals surface area contributed by atoms with E-state index in [9.17, 15) is 0 Å². The van der Waals surface area contributed by atoms with E-state index in [0.29, 0.717) is 0 Å². The molecular weight excluding hydrogens is 614 g/mol. The summed E-state index contributed by atoms with van der Waals surface area (Å²) >= 11 is 0. The highest BCUT2D eigenvalue weighted by molar-refractivity contribution is 6.46. The molecule has 0 fully saturated rings. The van der Waals surface area contributed by atoms with E-state index in [1.807, 2.05) is 100.0 Å². The van der Waals surface area contributed by atoms with Crippen molar-refractivity contribution in [3.05, 3.63) is 204 Å². The predicted octanol–water partition coefficient (Wildman–Crippen LogP) is 10.9. The lowest BCUT2D eigenvalue weighted by Gasteiger charge is -2.24. The monoisotopic (exact) mass is 643 g/mol. The Hall–Kier alpha value is -6.46. The molecule has 0 unspecified atom stereocenters. The third-order valence-corrected chi connectivity index (χ3v) is 9.95. The quantitative estimate of drug-likeness (QED) is 0.171. The lowest BCUT2D eigenvalue weighted by atomic mass is 9.84. The molecule has 0 atom stereocenters. The molecular formula is C45H29BFN2O+. The van der Waals surface area contributed by atoms with E-state index in [2.05, 4.69) is 84.9 Å². The lowest BCUT2D eigenvalue weighted by Crippen LogP contribution is -2.41. The van der Waals surface area contributed by atoms with Crippen LogP contribution in [0.25, 0.3) is 55.5 Å². The van der Waals surface area contributed by atoms with Crippen molar-refractivity contribution in [2.45, 2.75) is 0 Å². The lowest BCUT2D eigenvalue weighted by molar-refractivity contribution is -0.332. The van der Waals surface area contributed by atoms with Crippen LogP contribution in [-0.2, 0) is 0 Å². The molecule has 0 amide bonds. The molecule has 3 nitrogen and oxygen atoms in total. The fourth-order valence-electron chi connectivity index (χ4n) is 7.72. The Labute approximate surface area is 289 Å². The molecule has 0 saturated carbocycles. The molecule has 0 saturated heterocycles. The summed E-state index contributed by atoms with van der Waals surface area (Å²) in [7, 11) is -1.53. The molecule has 0 aliphatic carbocycles. The molecule has 10 rings (SSSR count). The highest BCUT2D eigenvalue weighted by atomic mass is 19.1. The summed E-state index contributed by atoms with van der Waals surface area (Å²) in [6, 6.07) is 57.7. The van der Waals surface area contributed by atoms with Crippen LogP contribution in [0, 0.1) is 0 Å². The third kappa shape index (κ3) is 4.33. The van der Waals surface area contributed by atoms with Crippen molar-refractivity contribution in [2.24, 2.45) is 0 Å². The number of benzene rings is 6.